The van der Waals surface area contributed by atoms with Crippen molar-refractivity contribution < 1.29 is 8.42 Å². The Hall–Kier alpha value is -2.22. The van der Waals surface area contributed by atoms with Crippen molar-refractivity contribution in [3.8, 4) is 0 Å². The second-order valence-corrected chi connectivity index (χ2v) is 9.30. The van der Waals surface area contributed by atoms with Crippen LogP contribution in [0.25, 0.3) is 0 Å². The van der Waals surface area contributed by atoms with Crippen LogP contribution in [0.15, 0.2) is 59.8 Å². The van der Waals surface area contributed by atoms with E-state index < -0.39 is 10.0 Å². The Bertz CT molecular complexity index is 1050. The van der Waals surface area contributed by atoms with Gasteiger partial charge in [-0.25, -0.2) is 8.42 Å². The van der Waals surface area contributed by atoms with Gasteiger partial charge in [-0.3, -0.25) is 10.1 Å². The van der Waals surface area contributed by atoms with E-state index in [4.69, 9.17) is 16.6 Å². The number of nitrogens with zero attached hydrogens (tertiary/aromatic N) is 3. The highest BCUT2D eigenvalue weighted by Crippen LogP contribution is 2.29. The number of hydrogen-bond donors (Lipinski definition) is 1. The van der Waals surface area contributed by atoms with Gasteiger partial charge in [0.2, 0.25) is 10.0 Å². The number of aromatic amines is 1. The van der Waals surface area contributed by atoms with Crippen LogP contribution in [-0.4, -0.2) is 41.0 Å². The van der Waals surface area contributed by atoms with E-state index in [9.17, 15) is 8.42 Å². The molecule has 1 unspecified atom stereocenters. The standard InChI is InChI=1S/C20H21ClN4O2S/c21-19-8-2-1-5-15(19)11-17-7-3-9-20(24-17)16-6-4-10-25(14-16)28(26,27)18-12-22-23-13-18/h1-3,5,7-9,12-13,16H,4,6,10-11,14H2,(H,22,23). The fourth-order valence-electron chi connectivity index (χ4n) is 3.59. The molecule has 1 fully saturated rings. The SMILES string of the molecule is O=S(=O)(c1cn[nH]c1)N1CCCC(c2cccc(Cc3ccccc3Cl)n2)C1. The van der Waals surface area contributed by atoms with E-state index in [1.807, 2.05) is 42.5 Å². The van der Waals surface area contributed by atoms with Gasteiger partial charge < -0.3 is 0 Å². The van der Waals surface area contributed by atoms with Crippen LogP contribution in [0.4, 0.5) is 0 Å². The van der Waals surface area contributed by atoms with Gasteiger partial charge in [0, 0.05) is 48.0 Å². The molecular weight excluding hydrogens is 396 g/mol. The molecule has 3 aromatic rings. The number of H-pyrrole nitrogens is 1. The molecule has 0 saturated carbocycles. The highest BCUT2D eigenvalue weighted by atomic mass is 35.5. The molecule has 0 bridgehead atoms. The van der Waals surface area contributed by atoms with Gasteiger partial charge in [0.15, 0.2) is 0 Å². The first-order valence-corrected chi connectivity index (χ1v) is 11.0. The van der Waals surface area contributed by atoms with E-state index in [1.165, 1.54) is 16.7 Å². The lowest BCUT2D eigenvalue weighted by Crippen LogP contribution is -2.39. The molecule has 3 heterocycles. The monoisotopic (exact) mass is 416 g/mol. The molecular formula is C20H21ClN4O2S. The van der Waals surface area contributed by atoms with E-state index >= 15 is 0 Å². The van der Waals surface area contributed by atoms with Crippen LogP contribution >= 0.6 is 11.6 Å². The predicted molar refractivity (Wildman–Crippen MR) is 108 cm³/mol. The van der Waals surface area contributed by atoms with Gasteiger partial charge in [0.25, 0.3) is 0 Å². The molecule has 146 valence electrons. The number of piperidine rings is 1. The molecule has 1 N–H and O–H groups in total. The zero-order valence-corrected chi connectivity index (χ0v) is 16.8. The Balaban J connectivity index is 1.54. The summed E-state index contributed by atoms with van der Waals surface area (Å²) in [5.41, 5.74) is 2.89. The average molecular weight is 417 g/mol. The summed E-state index contributed by atoms with van der Waals surface area (Å²) < 4.78 is 27.1. The van der Waals surface area contributed by atoms with Crippen molar-refractivity contribution in [3.63, 3.8) is 0 Å². The quantitative estimate of drug-likeness (QED) is 0.689. The first-order valence-electron chi connectivity index (χ1n) is 9.22. The maximum Gasteiger partial charge on any atom is 0.246 e. The molecule has 0 aliphatic carbocycles. The lowest BCUT2D eigenvalue weighted by atomic mass is 9.95. The molecule has 0 amide bonds. The van der Waals surface area contributed by atoms with Crippen LogP contribution in [0.2, 0.25) is 5.02 Å². The molecule has 0 spiro atoms. The molecule has 28 heavy (non-hydrogen) atoms. The van der Waals surface area contributed by atoms with Crippen LogP contribution in [0, 0.1) is 0 Å². The Labute approximate surface area is 169 Å². The average Bonchev–Trinajstić information content (AvgIpc) is 3.26. The summed E-state index contributed by atoms with van der Waals surface area (Å²) in [6.07, 6.45) is 5.14. The van der Waals surface area contributed by atoms with Gasteiger partial charge in [0.05, 0.1) is 6.20 Å². The van der Waals surface area contributed by atoms with Crippen LogP contribution < -0.4 is 0 Å². The smallest absolute Gasteiger partial charge is 0.246 e. The zero-order chi connectivity index (χ0) is 19.6. The van der Waals surface area contributed by atoms with Gasteiger partial charge >= 0.3 is 0 Å². The van der Waals surface area contributed by atoms with Crippen LogP contribution in [0.3, 0.4) is 0 Å². The lowest BCUT2D eigenvalue weighted by Gasteiger charge is -2.31. The molecule has 1 atom stereocenters. The van der Waals surface area contributed by atoms with Gasteiger partial charge in [-0.1, -0.05) is 35.9 Å². The summed E-state index contributed by atoms with van der Waals surface area (Å²) in [4.78, 5) is 5.02. The van der Waals surface area contributed by atoms with Crippen LogP contribution in [0.1, 0.15) is 35.7 Å². The van der Waals surface area contributed by atoms with Gasteiger partial charge in [0.1, 0.15) is 4.90 Å². The van der Waals surface area contributed by atoms with E-state index in [-0.39, 0.29) is 10.8 Å². The van der Waals surface area contributed by atoms with E-state index in [1.54, 1.807) is 0 Å². The van der Waals surface area contributed by atoms with Gasteiger partial charge in [-0.15, -0.1) is 0 Å². The molecule has 1 saturated heterocycles. The Kier molecular flexibility index (Phi) is 5.48. The van der Waals surface area contributed by atoms with Crippen molar-refractivity contribution >= 4 is 21.6 Å². The third kappa shape index (κ3) is 3.97. The second kappa shape index (κ2) is 8.03. The number of sulfonamides is 1. The largest absolute Gasteiger partial charge is 0.284 e. The van der Waals surface area contributed by atoms with Crippen molar-refractivity contribution in [3.05, 3.63) is 76.8 Å². The Morgan fingerprint density at radius 2 is 2.04 bits per heavy atom. The summed E-state index contributed by atoms with van der Waals surface area (Å²) in [6.45, 7) is 0.944. The van der Waals surface area contributed by atoms with Gasteiger partial charge in [-0.05, 0) is 36.6 Å². The Morgan fingerprint density at radius 1 is 1.18 bits per heavy atom. The number of aromatic nitrogens is 3. The van der Waals surface area contributed by atoms with Crippen LogP contribution in [-0.2, 0) is 16.4 Å². The van der Waals surface area contributed by atoms with E-state index in [0.717, 1.165) is 34.8 Å². The normalized spacial score (nSPS) is 18.2. The predicted octanol–water partition coefficient (Wildman–Crippen LogP) is 3.62. The first kappa shape index (κ1) is 19.1. The Morgan fingerprint density at radius 3 is 2.82 bits per heavy atom. The second-order valence-electron chi connectivity index (χ2n) is 6.96. The highest BCUT2D eigenvalue weighted by Gasteiger charge is 2.32. The lowest BCUT2D eigenvalue weighted by molar-refractivity contribution is 0.312. The van der Waals surface area contributed by atoms with Crippen molar-refractivity contribution in [1.82, 2.24) is 19.5 Å². The molecule has 1 aliphatic heterocycles. The molecule has 0 radical (unpaired) electrons. The highest BCUT2D eigenvalue weighted by molar-refractivity contribution is 7.89. The molecule has 2 aromatic heterocycles. The fourth-order valence-corrected chi connectivity index (χ4v) is 5.23. The van der Waals surface area contributed by atoms with Crippen molar-refractivity contribution in [1.29, 1.82) is 0 Å². The summed E-state index contributed by atoms with van der Waals surface area (Å²) in [6, 6.07) is 13.7. The number of halogens is 1. The number of hydrogen-bond acceptors (Lipinski definition) is 4. The van der Waals surface area contributed by atoms with Crippen molar-refractivity contribution in [2.45, 2.75) is 30.1 Å². The molecule has 1 aliphatic rings. The number of benzene rings is 1. The minimum atomic E-state index is -3.53. The van der Waals surface area contributed by atoms with Crippen LogP contribution in [0.5, 0.6) is 0 Å². The fraction of sp³-hybridized carbons (Fsp3) is 0.300. The summed E-state index contributed by atoms with van der Waals surface area (Å²) in [7, 11) is -3.53. The summed E-state index contributed by atoms with van der Waals surface area (Å²) in [5, 5.41) is 7.07. The van der Waals surface area contributed by atoms with E-state index in [0.29, 0.717) is 19.5 Å². The summed E-state index contributed by atoms with van der Waals surface area (Å²) >= 11 is 6.27. The zero-order valence-electron chi connectivity index (χ0n) is 15.3. The van der Waals surface area contributed by atoms with Crippen molar-refractivity contribution in [2.24, 2.45) is 0 Å². The maximum atomic E-state index is 12.8. The molecule has 6 nitrogen and oxygen atoms in total. The molecule has 4 rings (SSSR count). The molecule has 8 heteroatoms. The minimum absolute atomic E-state index is 0.0709. The topological polar surface area (TPSA) is 79.0 Å². The number of rotatable bonds is 5. The minimum Gasteiger partial charge on any atom is -0.284 e. The molecule has 1 aromatic carbocycles. The number of pyridine rings is 1. The first-order chi connectivity index (χ1) is 13.5. The van der Waals surface area contributed by atoms with Crippen molar-refractivity contribution in [2.75, 3.05) is 13.1 Å². The maximum absolute atomic E-state index is 12.8. The van der Waals surface area contributed by atoms with Gasteiger partial charge in [-0.2, -0.15) is 9.40 Å². The summed E-state index contributed by atoms with van der Waals surface area (Å²) in [5.74, 6) is 0.0709. The third-order valence-corrected chi connectivity index (χ3v) is 7.27. The third-order valence-electron chi connectivity index (χ3n) is 5.07. The van der Waals surface area contributed by atoms with E-state index in [2.05, 4.69) is 10.2 Å². The number of nitrogens with one attached hydrogen (secondary N) is 1.